The van der Waals surface area contributed by atoms with Gasteiger partial charge in [0.2, 0.25) is 0 Å². The summed E-state index contributed by atoms with van der Waals surface area (Å²) in [5.41, 5.74) is 7.82. The molecule has 0 aliphatic carbocycles. The molecule has 66 valence electrons. The molecule has 2 aromatic rings. The summed E-state index contributed by atoms with van der Waals surface area (Å²) in [6, 6.07) is 8.34. The third-order valence-electron chi connectivity index (χ3n) is 2.20. The number of aryl methyl sites for hydroxylation is 1. The Kier molecular flexibility index (Phi) is 1.99. The van der Waals surface area contributed by atoms with Crippen LogP contribution < -0.4 is 5.73 Å². The number of fused-ring (bicyclic) bond motifs is 1. The number of hydrogen-bond donors (Lipinski definition) is 1. The van der Waals surface area contributed by atoms with E-state index in [4.69, 9.17) is 5.73 Å². The van der Waals surface area contributed by atoms with Gasteiger partial charge in [0.25, 0.3) is 0 Å². The maximum absolute atomic E-state index is 5.60. The van der Waals surface area contributed by atoms with Crippen molar-refractivity contribution in [3.05, 3.63) is 41.7 Å². The summed E-state index contributed by atoms with van der Waals surface area (Å²) in [4.78, 5) is 4.24. The highest BCUT2D eigenvalue weighted by atomic mass is 14.7. The minimum atomic E-state index is 0.501. The van der Waals surface area contributed by atoms with Gasteiger partial charge in [-0.2, -0.15) is 0 Å². The van der Waals surface area contributed by atoms with Gasteiger partial charge in [-0.05, 0) is 24.4 Å². The molecular weight excluding hydrogens is 160 g/mol. The van der Waals surface area contributed by atoms with Crippen LogP contribution in [0.3, 0.4) is 0 Å². The van der Waals surface area contributed by atoms with Gasteiger partial charge < -0.3 is 5.73 Å². The van der Waals surface area contributed by atoms with Gasteiger partial charge in [0, 0.05) is 18.1 Å². The van der Waals surface area contributed by atoms with Crippen LogP contribution in [0.1, 0.15) is 11.3 Å². The molecule has 2 N–H and O–H groups in total. The molecule has 13 heavy (non-hydrogen) atoms. The van der Waals surface area contributed by atoms with Crippen LogP contribution in [-0.4, -0.2) is 4.98 Å². The lowest BCUT2D eigenvalue weighted by molar-refractivity contribution is 1.01. The zero-order chi connectivity index (χ0) is 9.26. The van der Waals surface area contributed by atoms with Crippen LogP contribution >= 0.6 is 0 Å². The third kappa shape index (κ3) is 1.40. The van der Waals surface area contributed by atoms with Crippen molar-refractivity contribution in [2.75, 3.05) is 0 Å². The Labute approximate surface area is 77.4 Å². The van der Waals surface area contributed by atoms with Gasteiger partial charge in [-0.3, -0.25) is 4.98 Å². The van der Waals surface area contributed by atoms with E-state index in [1.54, 1.807) is 6.20 Å². The second kappa shape index (κ2) is 3.15. The molecule has 0 saturated carbocycles. The number of nitrogens with zero attached hydrogens (tertiary/aromatic N) is 1. The minimum absolute atomic E-state index is 0.501. The van der Waals surface area contributed by atoms with Crippen molar-refractivity contribution in [2.24, 2.45) is 5.73 Å². The fraction of sp³-hybridized carbons (Fsp3) is 0.182. The molecule has 2 heteroatoms. The molecule has 2 rings (SSSR count). The number of nitrogens with two attached hydrogens (primary N) is 1. The van der Waals surface area contributed by atoms with Crippen LogP contribution in [0.25, 0.3) is 10.8 Å². The van der Waals surface area contributed by atoms with Crippen molar-refractivity contribution in [1.82, 2.24) is 4.98 Å². The molecule has 0 aliphatic rings. The third-order valence-corrected chi connectivity index (χ3v) is 2.20. The Balaban J connectivity index is 2.79. The molecule has 0 atom stereocenters. The molecule has 1 aromatic carbocycles. The molecule has 0 amide bonds. The first kappa shape index (κ1) is 8.20. The van der Waals surface area contributed by atoms with Gasteiger partial charge in [-0.1, -0.05) is 17.7 Å². The largest absolute Gasteiger partial charge is 0.325 e. The number of benzene rings is 1. The van der Waals surface area contributed by atoms with E-state index in [1.807, 2.05) is 6.07 Å². The lowest BCUT2D eigenvalue weighted by Gasteiger charge is -2.03. The second-order valence-electron chi connectivity index (χ2n) is 3.19. The molecule has 0 fully saturated rings. The van der Waals surface area contributed by atoms with Crippen molar-refractivity contribution >= 4 is 10.8 Å². The fourth-order valence-corrected chi connectivity index (χ4v) is 1.51. The van der Waals surface area contributed by atoms with Gasteiger partial charge in [0.05, 0.1) is 5.69 Å². The van der Waals surface area contributed by atoms with Crippen LogP contribution in [0.4, 0.5) is 0 Å². The Morgan fingerprint density at radius 1 is 1.31 bits per heavy atom. The summed E-state index contributed by atoms with van der Waals surface area (Å²) in [6.45, 7) is 2.58. The Bertz CT molecular complexity index is 435. The number of pyridine rings is 1. The van der Waals surface area contributed by atoms with Crippen LogP contribution in [0.2, 0.25) is 0 Å². The first-order valence-electron chi connectivity index (χ1n) is 4.35. The van der Waals surface area contributed by atoms with Crippen LogP contribution in [0.15, 0.2) is 30.5 Å². The van der Waals surface area contributed by atoms with Gasteiger partial charge in [-0.25, -0.2) is 0 Å². The highest BCUT2D eigenvalue weighted by Gasteiger charge is 1.99. The van der Waals surface area contributed by atoms with Crippen molar-refractivity contribution in [1.29, 1.82) is 0 Å². The maximum Gasteiger partial charge on any atom is 0.0617 e. The molecule has 1 heterocycles. The van der Waals surface area contributed by atoms with E-state index in [0.29, 0.717) is 6.54 Å². The Morgan fingerprint density at radius 3 is 2.92 bits per heavy atom. The smallest absolute Gasteiger partial charge is 0.0617 e. The highest BCUT2D eigenvalue weighted by Crippen LogP contribution is 2.17. The van der Waals surface area contributed by atoms with Crippen molar-refractivity contribution < 1.29 is 0 Å². The standard InChI is InChI=1S/C11H12N2/c1-8-2-3-9-4-5-13-11(7-12)10(9)6-8/h2-6H,7,12H2,1H3. The molecule has 1 aromatic heterocycles. The van der Waals surface area contributed by atoms with Crippen molar-refractivity contribution in [3.8, 4) is 0 Å². The molecule has 2 nitrogen and oxygen atoms in total. The lowest BCUT2D eigenvalue weighted by Crippen LogP contribution is -1.99. The van der Waals surface area contributed by atoms with E-state index >= 15 is 0 Å². The average Bonchev–Trinajstić information content (AvgIpc) is 2.17. The molecule has 0 saturated heterocycles. The monoisotopic (exact) mass is 172 g/mol. The average molecular weight is 172 g/mol. The molecule has 0 unspecified atom stereocenters. The van der Waals surface area contributed by atoms with E-state index in [9.17, 15) is 0 Å². The van der Waals surface area contributed by atoms with Crippen molar-refractivity contribution in [3.63, 3.8) is 0 Å². The van der Waals surface area contributed by atoms with E-state index < -0.39 is 0 Å². The molecule has 0 spiro atoms. The van der Waals surface area contributed by atoms with Crippen LogP contribution in [0.5, 0.6) is 0 Å². The van der Waals surface area contributed by atoms with Gasteiger partial charge >= 0.3 is 0 Å². The minimum Gasteiger partial charge on any atom is -0.325 e. The highest BCUT2D eigenvalue weighted by molar-refractivity contribution is 5.84. The van der Waals surface area contributed by atoms with E-state index in [-0.39, 0.29) is 0 Å². The molecule has 0 aliphatic heterocycles. The maximum atomic E-state index is 5.60. The van der Waals surface area contributed by atoms with Gasteiger partial charge in [0.1, 0.15) is 0 Å². The topological polar surface area (TPSA) is 38.9 Å². The van der Waals surface area contributed by atoms with E-state index in [0.717, 1.165) is 5.69 Å². The summed E-state index contributed by atoms with van der Waals surface area (Å²) >= 11 is 0. The predicted octanol–water partition coefficient (Wildman–Crippen LogP) is 2.00. The zero-order valence-electron chi connectivity index (χ0n) is 7.62. The lowest BCUT2D eigenvalue weighted by atomic mass is 10.1. The van der Waals surface area contributed by atoms with Gasteiger partial charge in [0.15, 0.2) is 0 Å². The molecular formula is C11H12N2. The van der Waals surface area contributed by atoms with Gasteiger partial charge in [-0.15, -0.1) is 0 Å². The fourth-order valence-electron chi connectivity index (χ4n) is 1.51. The number of rotatable bonds is 1. The van der Waals surface area contributed by atoms with Crippen LogP contribution in [0, 0.1) is 6.92 Å². The predicted molar refractivity (Wildman–Crippen MR) is 54.4 cm³/mol. The zero-order valence-corrected chi connectivity index (χ0v) is 7.62. The second-order valence-corrected chi connectivity index (χ2v) is 3.19. The number of hydrogen-bond acceptors (Lipinski definition) is 2. The normalized spacial score (nSPS) is 10.6. The number of aromatic nitrogens is 1. The van der Waals surface area contributed by atoms with Crippen LogP contribution in [-0.2, 0) is 6.54 Å². The SMILES string of the molecule is Cc1ccc2ccnc(CN)c2c1. The summed E-state index contributed by atoms with van der Waals surface area (Å²) < 4.78 is 0. The molecule has 0 bridgehead atoms. The molecule has 0 radical (unpaired) electrons. The summed E-state index contributed by atoms with van der Waals surface area (Å²) in [7, 11) is 0. The van der Waals surface area contributed by atoms with Crippen molar-refractivity contribution in [2.45, 2.75) is 13.5 Å². The first-order valence-corrected chi connectivity index (χ1v) is 4.35. The summed E-state index contributed by atoms with van der Waals surface area (Å²) in [6.07, 6.45) is 1.81. The Hall–Kier alpha value is -1.41. The first-order chi connectivity index (χ1) is 6.31. The van der Waals surface area contributed by atoms with E-state index in [2.05, 4.69) is 30.1 Å². The van der Waals surface area contributed by atoms with E-state index in [1.165, 1.54) is 16.3 Å². The quantitative estimate of drug-likeness (QED) is 0.714. The Morgan fingerprint density at radius 2 is 2.15 bits per heavy atom. The summed E-state index contributed by atoms with van der Waals surface area (Å²) in [5, 5.41) is 2.38. The summed E-state index contributed by atoms with van der Waals surface area (Å²) in [5.74, 6) is 0.